The molecular formula is C19H18ClN5S. The second-order valence-corrected chi connectivity index (χ2v) is 7.80. The molecule has 1 aliphatic heterocycles. The number of thiazole rings is 1. The molecule has 1 fully saturated rings. The van der Waals surface area contributed by atoms with E-state index in [2.05, 4.69) is 26.6 Å². The molecule has 0 saturated carbocycles. The van der Waals surface area contributed by atoms with Gasteiger partial charge in [-0.05, 0) is 44.0 Å². The highest BCUT2D eigenvalue weighted by Gasteiger charge is 2.21. The summed E-state index contributed by atoms with van der Waals surface area (Å²) >= 11 is 7.71. The molecule has 0 amide bonds. The molecule has 1 N–H and O–H groups in total. The lowest BCUT2D eigenvalue weighted by molar-refractivity contribution is 0.523. The molecule has 0 bridgehead atoms. The third-order valence-electron chi connectivity index (χ3n) is 4.64. The lowest BCUT2D eigenvalue weighted by Crippen LogP contribution is -2.39. The van der Waals surface area contributed by atoms with E-state index in [1.54, 1.807) is 17.4 Å². The molecular weight excluding hydrogens is 366 g/mol. The number of nitrogens with one attached hydrogen (secondary N) is 1. The third kappa shape index (κ3) is 3.46. The Hall–Kier alpha value is -2.36. The van der Waals surface area contributed by atoms with Crippen LogP contribution in [-0.4, -0.2) is 29.1 Å². The topological polar surface area (TPSA) is 64.8 Å². The highest BCUT2D eigenvalue weighted by molar-refractivity contribution is 7.13. The molecule has 2 aromatic heterocycles. The smallest absolute Gasteiger partial charge is 0.183 e. The normalized spacial score (nSPS) is 15.2. The quantitative estimate of drug-likeness (QED) is 0.715. The molecule has 26 heavy (non-hydrogen) atoms. The Bertz CT molecular complexity index is 985. The summed E-state index contributed by atoms with van der Waals surface area (Å²) in [6.45, 7) is 3.81. The number of hydrogen-bond donors (Lipinski definition) is 1. The van der Waals surface area contributed by atoms with Crippen LogP contribution < -0.4 is 10.2 Å². The summed E-state index contributed by atoms with van der Waals surface area (Å²) in [5.74, 6) is 0.861. The Morgan fingerprint density at radius 1 is 1.27 bits per heavy atom. The Morgan fingerprint density at radius 3 is 2.77 bits per heavy atom. The molecule has 3 heterocycles. The lowest BCUT2D eigenvalue weighted by Gasteiger charge is -2.33. The van der Waals surface area contributed by atoms with Crippen molar-refractivity contribution < 1.29 is 0 Å². The first-order valence-corrected chi connectivity index (χ1v) is 9.82. The SMILES string of the molecule is Cc1csc(NC2CCN(c3cc(C#N)c4cc(Cl)ccc4n3)CC2)n1. The molecule has 0 aliphatic carbocycles. The van der Waals surface area contributed by atoms with Gasteiger partial charge in [0.15, 0.2) is 5.13 Å². The zero-order chi connectivity index (χ0) is 18.1. The zero-order valence-electron chi connectivity index (χ0n) is 14.4. The highest BCUT2D eigenvalue weighted by atomic mass is 35.5. The molecule has 1 aliphatic rings. The van der Waals surface area contributed by atoms with Crippen LogP contribution in [0.3, 0.4) is 0 Å². The molecule has 132 valence electrons. The van der Waals surface area contributed by atoms with Gasteiger partial charge in [0.25, 0.3) is 0 Å². The monoisotopic (exact) mass is 383 g/mol. The van der Waals surface area contributed by atoms with Crippen molar-refractivity contribution in [1.82, 2.24) is 9.97 Å². The number of nitrogens with zero attached hydrogens (tertiary/aromatic N) is 4. The minimum Gasteiger partial charge on any atom is -0.359 e. The van der Waals surface area contributed by atoms with E-state index in [1.165, 1.54) is 0 Å². The number of hydrogen-bond acceptors (Lipinski definition) is 6. The van der Waals surface area contributed by atoms with Crippen molar-refractivity contribution in [1.29, 1.82) is 5.26 Å². The predicted octanol–water partition coefficient (Wildman–Crippen LogP) is 4.61. The molecule has 1 saturated heterocycles. The van der Waals surface area contributed by atoms with Crippen molar-refractivity contribution in [3.8, 4) is 6.07 Å². The number of rotatable bonds is 3. The average Bonchev–Trinajstić information content (AvgIpc) is 3.06. The van der Waals surface area contributed by atoms with Crippen molar-refractivity contribution in [2.75, 3.05) is 23.3 Å². The van der Waals surface area contributed by atoms with Crippen molar-refractivity contribution in [3.05, 3.63) is 45.9 Å². The summed E-state index contributed by atoms with van der Waals surface area (Å²) in [7, 11) is 0. The molecule has 5 nitrogen and oxygen atoms in total. The predicted molar refractivity (Wildman–Crippen MR) is 107 cm³/mol. The van der Waals surface area contributed by atoms with Gasteiger partial charge in [0.1, 0.15) is 5.82 Å². The number of nitriles is 1. The lowest BCUT2D eigenvalue weighted by atomic mass is 10.0. The van der Waals surface area contributed by atoms with Crippen molar-refractivity contribution in [3.63, 3.8) is 0 Å². The number of piperidine rings is 1. The fourth-order valence-corrected chi connectivity index (χ4v) is 4.22. The summed E-state index contributed by atoms with van der Waals surface area (Å²) in [5, 5.41) is 17.5. The van der Waals surface area contributed by atoms with Gasteiger partial charge in [-0.1, -0.05) is 11.6 Å². The van der Waals surface area contributed by atoms with E-state index in [0.717, 1.165) is 53.5 Å². The molecule has 3 aromatic rings. The Balaban J connectivity index is 1.50. The van der Waals surface area contributed by atoms with Gasteiger partial charge < -0.3 is 10.2 Å². The van der Waals surface area contributed by atoms with Crippen LogP contribution in [0.15, 0.2) is 29.6 Å². The van der Waals surface area contributed by atoms with Crippen LogP contribution in [0.1, 0.15) is 24.1 Å². The van der Waals surface area contributed by atoms with E-state index >= 15 is 0 Å². The van der Waals surface area contributed by atoms with Gasteiger partial charge in [0.2, 0.25) is 0 Å². The largest absolute Gasteiger partial charge is 0.359 e. The Labute approximate surface area is 161 Å². The van der Waals surface area contributed by atoms with Crippen molar-refractivity contribution in [2.24, 2.45) is 0 Å². The molecule has 1 aromatic carbocycles. The molecule has 7 heteroatoms. The Kier molecular flexibility index (Phi) is 4.66. The second-order valence-electron chi connectivity index (χ2n) is 6.50. The van der Waals surface area contributed by atoms with Gasteiger partial charge in [-0.2, -0.15) is 5.26 Å². The van der Waals surface area contributed by atoms with Crippen LogP contribution in [0.5, 0.6) is 0 Å². The van der Waals surface area contributed by atoms with Crippen LogP contribution >= 0.6 is 22.9 Å². The van der Waals surface area contributed by atoms with E-state index < -0.39 is 0 Å². The van der Waals surface area contributed by atoms with Crippen LogP contribution in [0, 0.1) is 18.3 Å². The minimum absolute atomic E-state index is 0.423. The summed E-state index contributed by atoms with van der Waals surface area (Å²) in [5.41, 5.74) is 2.48. The van der Waals surface area contributed by atoms with Gasteiger partial charge in [-0.15, -0.1) is 11.3 Å². The fourth-order valence-electron chi connectivity index (χ4n) is 3.29. The van der Waals surface area contributed by atoms with E-state index in [1.807, 2.05) is 25.1 Å². The summed E-state index contributed by atoms with van der Waals surface area (Å²) in [4.78, 5) is 11.5. The number of fused-ring (bicyclic) bond motifs is 1. The number of aromatic nitrogens is 2. The maximum absolute atomic E-state index is 9.50. The summed E-state index contributed by atoms with van der Waals surface area (Å²) in [6.07, 6.45) is 2.03. The van der Waals surface area contributed by atoms with Gasteiger partial charge >= 0.3 is 0 Å². The fraction of sp³-hybridized carbons (Fsp3) is 0.316. The minimum atomic E-state index is 0.423. The molecule has 0 unspecified atom stereocenters. The van der Waals surface area contributed by atoms with Crippen LogP contribution in [0.25, 0.3) is 10.9 Å². The van der Waals surface area contributed by atoms with E-state index in [0.29, 0.717) is 16.6 Å². The van der Waals surface area contributed by atoms with E-state index in [4.69, 9.17) is 16.6 Å². The highest BCUT2D eigenvalue weighted by Crippen LogP contribution is 2.28. The van der Waals surface area contributed by atoms with Crippen molar-refractivity contribution >= 4 is 44.8 Å². The van der Waals surface area contributed by atoms with Crippen LogP contribution in [0.2, 0.25) is 5.02 Å². The zero-order valence-corrected chi connectivity index (χ0v) is 15.9. The Morgan fingerprint density at radius 2 is 2.08 bits per heavy atom. The number of aryl methyl sites for hydroxylation is 1. The average molecular weight is 384 g/mol. The van der Waals surface area contributed by atoms with Crippen LogP contribution in [-0.2, 0) is 0 Å². The molecule has 0 radical (unpaired) electrons. The molecule has 4 rings (SSSR count). The third-order valence-corrected chi connectivity index (χ3v) is 5.77. The first kappa shape index (κ1) is 17.1. The molecule has 0 spiro atoms. The van der Waals surface area contributed by atoms with Crippen molar-refractivity contribution in [2.45, 2.75) is 25.8 Å². The van der Waals surface area contributed by atoms with E-state index in [-0.39, 0.29) is 0 Å². The number of benzene rings is 1. The molecule has 0 atom stereocenters. The first-order valence-electron chi connectivity index (χ1n) is 8.56. The second kappa shape index (κ2) is 7.10. The van der Waals surface area contributed by atoms with Gasteiger partial charge in [-0.25, -0.2) is 9.97 Å². The number of pyridine rings is 1. The van der Waals surface area contributed by atoms with Gasteiger partial charge in [0, 0.05) is 34.9 Å². The number of anilines is 2. The maximum atomic E-state index is 9.50. The van der Waals surface area contributed by atoms with Gasteiger partial charge in [0.05, 0.1) is 22.8 Å². The standard InChI is InChI=1S/C19H18ClN5S/c1-12-11-26-19(22-12)23-15-4-6-25(7-5-15)18-8-13(10-21)16-9-14(20)2-3-17(16)24-18/h2-3,8-9,11,15H,4-7H2,1H3,(H,22,23). The number of halogens is 1. The summed E-state index contributed by atoms with van der Waals surface area (Å²) < 4.78 is 0. The van der Waals surface area contributed by atoms with E-state index in [9.17, 15) is 5.26 Å². The van der Waals surface area contributed by atoms with Gasteiger partial charge in [-0.3, -0.25) is 0 Å². The van der Waals surface area contributed by atoms with Crippen LogP contribution in [0.4, 0.5) is 10.9 Å². The maximum Gasteiger partial charge on any atom is 0.183 e. The first-order chi connectivity index (χ1) is 12.6. The summed E-state index contributed by atoms with van der Waals surface area (Å²) in [6, 6.07) is 10.1.